The molecule has 0 spiro atoms. The number of phenols is 1. The van der Waals surface area contributed by atoms with E-state index < -0.39 is 31.0 Å². The summed E-state index contributed by atoms with van der Waals surface area (Å²) >= 11 is 3.51. The van der Waals surface area contributed by atoms with Crippen LogP contribution in [-0.2, 0) is 21.7 Å². The molecule has 0 aliphatic carbocycles. The van der Waals surface area contributed by atoms with Crippen LogP contribution in [0.3, 0.4) is 0 Å². The molecule has 2 rings (SSSR count). The predicted molar refractivity (Wildman–Crippen MR) is 192 cm³/mol. The monoisotopic (exact) mass is 680 g/mol. The molecule has 0 saturated carbocycles. The SMILES string of the molecule is CC(C)(Sc1cc(C(C)(C)C)c(O)c(C(C)(C)C)c1)Sc1cc(C(C)(C)C)c(OC[C@H](O)[C@@H](O)[C@H](O)[C@H](O)CO)c(C(C)(C)C)c1. The molecule has 0 unspecified atom stereocenters. The molecule has 9 heteroatoms. The maximum Gasteiger partial charge on any atom is 0.126 e. The van der Waals surface area contributed by atoms with Crippen LogP contribution in [0.25, 0.3) is 0 Å². The molecule has 2 aromatic rings. The van der Waals surface area contributed by atoms with Gasteiger partial charge in [-0.2, -0.15) is 0 Å². The number of benzene rings is 2. The zero-order chi connectivity index (χ0) is 35.8. The Balaban J connectivity index is 2.56. The summed E-state index contributed by atoms with van der Waals surface area (Å²) in [5.41, 5.74) is 2.63. The van der Waals surface area contributed by atoms with Crippen molar-refractivity contribution in [1.29, 1.82) is 0 Å². The van der Waals surface area contributed by atoms with Gasteiger partial charge in [-0.3, -0.25) is 0 Å². The highest BCUT2D eigenvalue weighted by Crippen LogP contribution is 2.51. The fourth-order valence-electron chi connectivity index (χ4n) is 5.16. The molecule has 262 valence electrons. The van der Waals surface area contributed by atoms with E-state index in [1.165, 1.54) is 0 Å². The molecule has 2 aromatic carbocycles. The molecule has 0 aromatic heterocycles. The molecular formula is C37H60O7S2. The van der Waals surface area contributed by atoms with Crippen molar-refractivity contribution in [3.05, 3.63) is 46.5 Å². The number of aliphatic hydroxyl groups is 5. The van der Waals surface area contributed by atoms with Gasteiger partial charge in [-0.1, -0.05) is 83.1 Å². The van der Waals surface area contributed by atoms with E-state index in [9.17, 15) is 25.5 Å². The first kappa shape index (κ1) is 40.7. The zero-order valence-corrected chi connectivity index (χ0v) is 32.1. The minimum absolute atomic E-state index is 0.225. The number of aliphatic hydroxyl groups excluding tert-OH is 5. The van der Waals surface area contributed by atoms with Gasteiger partial charge in [0.15, 0.2) is 0 Å². The van der Waals surface area contributed by atoms with E-state index in [-0.39, 0.29) is 32.3 Å². The lowest BCUT2D eigenvalue weighted by atomic mass is 9.79. The van der Waals surface area contributed by atoms with E-state index in [1.54, 1.807) is 23.5 Å². The lowest BCUT2D eigenvalue weighted by molar-refractivity contribution is -0.121. The van der Waals surface area contributed by atoms with Crippen LogP contribution in [-0.4, -0.2) is 72.3 Å². The van der Waals surface area contributed by atoms with Gasteiger partial charge in [-0.15, -0.1) is 23.5 Å². The Labute approximate surface area is 286 Å². The van der Waals surface area contributed by atoms with Crippen molar-refractivity contribution < 1.29 is 35.4 Å². The Kier molecular flexibility index (Phi) is 12.9. The second-order valence-corrected chi connectivity index (χ2v) is 20.6. The third-order valence-electron chi connectivity index (χ3n) is 7.83. The number of hydrogen-bond acceptors (Lipinski definition) is 9. The van der Waals surface area contributed by atoms with Crippen LogP contribution < -0.4 is 4.74 Å². The minimum Gasteiger partial charge on any atom is -0.507 e. The number of hydrogen-bond donors (Lipinski definition) is 6. The van der Waals surface area contributed by atoms with Crippen LogP contribution in [0.5, 0.6) is 11.5 Å². The molecule has 0 radical (unpaired) electrons. The summed E-state index contributed by atoms with van der Waals surface area (Å²) in [6.07, 6.45) is -6.51. The Morgan fingerprint density at radius 3 is 1.22 bits per heavy atom. The summed E-state index contributed by atoms with van der Waals surface area (Å²) in [6, 6.07) is 8.49. The second-order valence-electron chi connectivity index (χ2n) is 16.9. The number of phenolic OH excluding ortho intramolecular Hbond substituents is 1. The van der Waals surface area contributed by atoms with Gasteiger partial charge >= 0.3 is 0 Å². The van der Waals surface area contributed by atoms with Crippen LogP contribution in [0.1, 0.15) is 119 Å². The van der Waals surface area contributed by atoms with Crippen LogP contribution in [0.4, 0.5) is 0 Å². The molecule has 0 amide bonds. The van der Waals surface area contributed by atoms with Crippen molar-refractivity contribution in [1.82, 2.24) is 0 Å². The van der Waals surface area contributed by atoms with Crippen molar-refractivity contribution in [3.8, 4) is 11.5 Å². The van der Waals surface area contributed by atoms with E-state index >= 15 is 0 Å². The Morgan fingerprint density at radius 1 is 0.565 bits per heavy atom. The van der Waals surface area contributed by atoms with Gasteiger partial charge in [-0.05, 0) is 59.8 Å². The molecule has 7 nitrogen and oxygen atoms in total. The highest BCUT2D eigenvalue weighted by Gasteiger charge is 2.34. The van der Waals surface area contributed by atoms with Crippen molar-refractivity contribution in [3.63, 3.8) is 0 Å². The van der Waals surface area contributed by atoms with Gasteiger partial charge in [0, 0.05) is 32.0 Å². The molecule has 0 heterocycles. The standard InChI is InChI=1S/C37H60O7S2/c1-33(2,3)23-15-21(16-24(29(23)41)34(4,5)6)45-37(13,14)46-22-17-25(35(7,8)9)32(26(18-22)36(10,11)12)44-20-28(40)31(43)30(42)27(39)19-38/h15-18,27-28,30-31,38-43H,19-20H2,1-14H3/t27-,28+,30-,31-/m1/s1. The molecule has 6 N–H and O–H groups in total. The summed E-state index contributed by atoms with van der Waals surface area (Å²) in [7, 11) is 0. The van der Waals surface area contributed by atoms with Crippen LogP contribution in [0.2, 0.25) is 0 Å². The quantitative estimate of drug-likeness (QED) is 0.110. The Bertz CT molecular complexity index is 1260. The van der Waals surface area contributed by atoms with Gasteiger partial charge < -0.3 is 35.4 Å². The van der Waals surface area contributed by atoms with Crippen molar-refractivity contribution in [2.45, 2.75) is 157 Å². The number of rotatable bonds is 11. The average Bonchev–Trinajstić information content (AvgIpc) is 2.88. The number of thioether (sulfide) groups is 2. The average molecular weight is 681 g/mol. The third kappa shape index (κ3) is 10.5. The van der Waals surface area contributed by atoms with E-state index in [0.717, 1.165) is 32.0 Å². The molecule has 0 aliphatic rings. The first-order valence-corrected chi connectivity index (χ1v) is 17.6. The smallest absolute Gasteiger partial charge is 0.126 e. The molecular weight excluding hydrogens is 621 g/mol. The maximum absolute atomic E-state index is 11.2. The molecule has 0 fully saturated rings. The Morgan fingerprint density at radius 2 is 0.891 bits per heavy atom. The molecule has 4 atom stereocenters. The van der Waals surface area contributed by atoms with E-state index in [0.29, 0.717) is 11.5 Å². The summed E-state index contributed by atoms with van der Waals surface area (Å²) in [4.78, 5) is 2.16. The number of ether oxygens (including phenoxy) is 1. The largest absolute Gasteiger partial charge is 0.507 e. The normalized spacial score (nSPS) is 16.2. The third-order valence-corrected chi connectivity index (χ3v) is 10.3. The topological polar surface area (TPSA) is 131 Å². The van der Waals surface area contributed by atoms with Crippen molar-refractivity contribution in [2.75, 3.05) is 13.2 Å². The van der Waals surface area contributed by atoms with Gasteiger partial charge in [0.1, 0.15) is 42.5 Å². The molecule has 46 heavy (non-hydrogen) atoms. The molecule has 0 bridgehead atoms. The lowest BCUT2D eigenvalue weighted by Crippen LogP contribution is -2.47. The van der Waals surface area contributed by atoms with Crippen molar-refractivity contribution in [2.24, 2.45) is 0 Å². The fourth-order valence-corrected chi connectivity index (χ4v) is 7.75. The van der Waals surface area contributed by atoms with Crippen LogP contribution >= 0.6 is 23.5 Å². The summed E-state index contributed by atoms with van der Waals surface area (Å²) in [6.45, 7) is 28.6. The fraction of sp³-hybridized carbons (Fsp3) is 0.676. The number of aromatic hydroxyl groups is 1. The summed E-state index contributed by atoms with van der Waals surface area (Å²) in [5.74, 6) is 0.980. The zero-order valence-electron chi connectivity index (χ0n) is 30.4. The summed E-state index contributed by atoms with van der Waals surface area (Å²) < 4.78 is 5.95. The summed E-state index contributed by atoms with van der Waals surface area (Å²) in [5, 5.41) is 61.2. The van der Waals surface area contributed by atoms with Gasteiger partial charge in [0.05, 0.1) is 10.7 Å². The van der Waals surface area contributed by atoms with Gasteiger partial charge in [0.2, 0.25) is 0 Å². The van der Waals surface area contributed by atoms with E-state index in [4.69, 9.17) is 9.84 Å². The highest BCUT2D eigenvalue weighted by atomic mass is 32.2. The maximum atomic E-state index is 11.2. The first-order chi connectivity index (χ1) is 20.6. The van der Waals surface area contributed by atoms with Crippen molar-refractivity contribution >= 4 is 23.5 Å². The van der Waals surface area contributed by atoms with Crippen LogP contribution in [0.15, 0.2) is 34.1 Å². The van der Waals surface area contributed by atoms with E-state index in [2.05, 4.69) is 121 Å². The molecule has 0 aliphatic heterocycles. The van der Waals surface area contributed by atoms with Gasteiger partial charge in [0.25, 0.3) is 0 Å². The van der Waals surface area contributed by atoms with Crippen LogP contribution in [0, 0.1) is 0 Å². The first-order valence-electron chi connectivity index (χ1n) is 16.0. The Hall–Kier alpha value is -1.46. The van der Waals surface area contributed by atoms with E-state index in [1.807, 2.05) is 0 Å². The lowest BCUT2D eigenvalue weighted by Gasteiger charge is -2.33. The van der Waals surface area contributed by atoms with Gasteiger partial charge in [-0.25, -0.2) is 0 Å². The highest BCUT2D eigenvalue weighted by molar-refractivity contribution is 8.18. The minimum atomic E-state index is -1.72. The molecule has 0 saturated heterocycles. The second kappa shape index (κ2) is 14.6. The predicted octanol–water partition coefficient (Wildman–Crippen LogP) is 7.02.